The van der Waals surface area contributed by atoms with Crippen LogP contribution in [0.1, 0.15) is 12.0 Å². The van der Waals surface area contributed by atoms with E-state index in [9.17, 15) is 9.59 Å². The van der Waals surface area contributed by atoms with Crippen LogP contribution in [-0.2, 0) is 16.0 Å². The Morgan fingerprint density at radius 3 is 2.21 bits per heavy atom. The van der Waals surface area contributed by atoms with Crippen LogP contribution < -0.4 is 25.0 Å². The topological polar surface area (TPSA) is 79.9 Å². The highest BCUT2D eigenvalue weighted by Crippen LogP contribution is 2.29. The summed E-state index contributed by atoms with van der Waals surface area (Å²) in [6.45, 7) is 0.424. The minimum atomic E-state index is -0.720. The summed E-state index contributed by atoms with van der Waals surface area (Å²) < 4.78 is 10.3. The van der Waals surface area contributed by atoms with E-state index in [4.69, 9.17) is 9.47 Å². The van der Waals surface area contributed by atoms with Gasteiger partial charge in [0.15, 0.2) is 11.5 Å². The number of nitrogens with zero attached hydrogens (tertiary/aromatic N) is 1. The van der Waals surface area contributed by atoms with E-state index < -0.39 is 11.8 Å². The summed E-state index contributed by atoms with van der Waals surface area (Å²) in [5.41, 5.74) is 2.79. The Morgan fingerprint density at radius 1 is 0.929 bits per heavy atom. The van der Waals surface area contributed by atoms with E-state index in [1.54, 1.807) is 18.2 Å². The minimum absolute atomic E-state index is 0.424. The lowest BCUT2D eigenvalue weighted by molar-refractivity contribution is -0.136. The zero-order valence-electron chi connectivity index (χ0n) is 16.7. The lowest BCUT2D eigenvalue weighted by atomic mass is 10.1. The Labute approximate surface area is 165 Å². The van der Waals surface area contributed by atoms with Crippen LogP contribution in [-0.4, -0.2) is 46.7 Å². The number of aryl methyl sites for hydroxylation is 1. The van der Waals surface area contributed by atoms with Crippen molar-refractivity contribution in [2.24, 2.45) is 0 Å². The number of nitrogens with one attached hydrogen (secondary N) is 2. The second-order valence-corrected chi connectivity index (χ2v) is 6.44. The Kier molecular flexibility index (Phi) is 7.68. The number of anilines is 2. The second-order valence-electron chi connectivity index (χ2n) is 6.44. The summed E-state index contributed by atoms with van der Waals surface area (Å²) in [7, 11) is 7.03. The van der Waals surface area contributed by atoms with E-state index in [1.807, 2.05) is 19.0 Å². The molecule has 0 saturated heterocycles. The minimum Gasteiger partial charge on any atom is -0.493 e. The molecule has 0 aliphatic carbocycles. The predicted octanol–water partition coefficient (Wildman–Crippen LogP) is 2.46. The molecule has 7 nitrogen and oxygen atoms in total. The van der Waals surface area contributed by atoms with Crippen LogP contribution in [0.25, 0.3) is 0 Å². The van der Waals surface area contributed by atoms with E-state index in [2.05, 4.69) is 34.9 Å². The lowest BCUT2D eigenvalue weighted by Crippen LogP contribution is -2.36. The van der Waals surface area contributed by atoms with E-state index in [1.165, 1.54) is 19.8 Å². The number of hydrogen-bond donors (Lipinski definition) is 2. The molecular weight excluding hydrogens is 358 g/mol. The van der Waals surface area contributed by atoms with E-state index in [-0.39, 0.29) is 0 Å². The molecule has 0 aromatic heterocycles. The third kappa shape index (κ3) is 5.90. The Hall–Kier alpha value is -3.22. The van der Waals surface area contributed by atoms with Crippen LogP contribution in [0.4, 0.5) is 11.4 Å². The van der Waals surface area contributed by atoms with Crippen molar-refractivity contribution in [2.75, 3.05) is 45.1 Å². The smallest absolute Gasteiger partial charge is 0.313 e. The number of carbonyl (C=O) groups excluding carboxylic acids is 2. The second kappa shape index (κ2) is 10.2. The van der Waals surface area contributed by atoms with Gasteiger partial charge in [-0.3, -0.25) is 9.59 Å². The highest BCUT2D eigenvalue weighted by Gasteiger charge is 2.14. The average Bonchev–Trinajstić information content (AvgIpc) is 2.71. The van der Waals surface area contributed by atoms with Gasteiger partial charge in [0.1, 0.15) is 0 Å². The van der Waals surface area contributed by atoms with E-state index in [0.717, 1.165) is 18.5 Å². The number of hydrogen-bond acceptors (Lipinski definition) is 5. The van der Waals surface area contributed by atoms with Crippen molar-refractivity contribution in [3.8, 4) is 11.5 Å². The number of benzene rings is 2. The van der Waals surface area contributed by atoms with Crippen LogP contribution in [0.5, 0.6) is 11.5 Å². The molecule has 0 heterocycles. The van der Waals surface area contributed by atoms with Crippen molar-refractivity contribution in [1.82, 2.24) is 5.32 Å². The third-order valence-corrected chi connectivity index (χ3v) is 4.23. The van der Waals surface area contributed by atoms with Crippen molar-refractivity contribution < 1.29 is 19.1 Å². The van der Waals surface area contributed by atoms with Crippen LogP contribution in [0.2, 0.25) is 0 Å². The highest BCUT2D eigenvalue weighted by molar-refractivity contribution is 6.39. The Morgan fingerprint density at radius 2 is 1.61 bits per heavy atom. The molecule has 0 radical (unpaired) electrons. The Bertz CT molecular complexity index is 804. The monoisotopic (exact) mass is 385 g/mol. The molecule has 0 unspecified atom stereocenters. The summed E-state index contributed by atoms with van der Waals surface area (Å²) >= 11 is 0. The SMILES string of the molecule is COc1ccc(NC(=O)C(=O)NCCCc2ccc(N(C)C)cc2)cc1OC. The third-order valence-electron chi connectivity index (χ3n) is 4.23. The van der Waals surface area contributed by atoms with Gasteiger partial charge in [-0.1, -0.05) is 12.1 Å². The quantitative estimate of drug-likeness (QED) is 0.539. The average molecular weight is 385 g/mol. The summed E-state index contributed by atoms with van der Waals surface area (Å²) in [6, 6.07) is 13.2. The van der Waals surface area contributed by atoms with Gasteiger partial charge >= 0.3 is 11.8 Å². The first kappa shape index (κ1) is 21.1. The molecule has 2 amide bonds. The number of amides is 2. The molecular formula is C21H27N3O4. The van der Waals surface area contributed by atoms with Crippen LogP contribution >= 0.6 is 0 Å². The van der Waals surface area contributed by atoms with Gasteiger partial charge in [0.25, 0.3) is 0 Å². The maximum atomic E-state index is 12.0. The van der Waals surface area contributed by atoms with Crippen molar-refractivity contribution in [3.63, 3.8) is 0 Å². The van der Waals surface area contributed by atoms with Gasteiger partial charge in [0, 0.05) is 38.1 Å². The highest BCUT2D eigenvalue weighted by atomic mass is 16.5. The van der Waals surface area contributed by atoms with Gasteiger partial charge in [-0.05, 0) is 42.7 Å². The molecule has 2 aromatic rings. The largest absolute Gasteiger partial charge is 0.493 e. The van der Waals surface area contributed by atoms with Gasteiger partial charge in [0.05, 0.1) is 14.2 Å². The fourth-order valence-electron chi connectivity index (χ4n) is 2.64. The molecule has 0 fully saturated rings. The summed E-state index contributed by atoms with van der Waals surface area (Å²) in [5, 5.41) is 5.19. The van der Waals surface area contributed by atoms with Crippen molar-refractivity contribution in [3.05, 3.63) is 48.0 Å². The van der Waals surface area contributed by atoms with Crippen molar-refractivity contribution in [1.29, 1.82) is 0 Å². The van der Waals surface area contributed by atoms with Crippen LogP contribution in [0.3, 0.4) is 0 Å². The summed E-state index contributed by atoms with van der Waals surface area (Å²) in [4.78, 5) is 26.0. The van der Waals surface area contributed by atoms with Gasteiger partial charge < -0.3 is 25.0 Å². The molecule has 0 bridgehead atoms. The maximum Gasteiger partial charge on any atom is 0.313 e. The molecule has 0 atom stereocenters. The first-order chi connectivity index (χ1) is 13.4. The van der Waals surface area contributed by atoms with E-state index >= 15 is 0 Å². The standard InChI is InChI=1S/C21H27N3O4/c1-24(2)17-10-7-15(8-11-17)6-5-13-22-20(25)21(26)23-16-9-12-18(27-3)19(14-16)28-4/h7-12,14H,5-6,13H2,1-4H3,(H,22,25)(H,23,26). The molecule has 28 heavy (non-hydrogen) atoms. The molecule has 0 aliphatic rings. The number of ether oxygens (including phenoxy) is 2. The van der Waals surface area contributed by atoms with Crippen LogP contribution in [0.15, 0.2) is 42.5 Å². The van der Waals surface area contributed by atoms with Crippen LogP contribution in [0, 0.1) is 0 Å². The van der Waals surface area contributed by atoms with Gasteiger partial charge in [-0.15, -0.1) is 0 Å². The summed E-state index contributed by atoms with van der Waals surface area (Å²) in [6.07, 6.45) is 1.57. The molecule has 0 spiro atoms. The normalized spacial score (nSPS) is 10.1. The summed E-state index contributed by atoms with van der Waals surface area (Å²) in [5.74, 6) is -0.371. The van der Waals surface area contributed by atoms with Crippen molar-refractivity contribution in [2.45, 2.75) is 12.8 Å². The molecule has 2 aromatic carbocycles. The first-order valence-electron chi connectivity index (χ1n) is 9.02. The number of methoxy groups -OCH3 is 2. The van der Waals surface area contributed by atoms with Gasteiger partial charge in [0.2, 0.25) is 0 Å². The number of carbonyl (C=O) groups is 2. The molecule has 7 heteroatoms. The van der Waals surface area contributed by atoms with Gasteiger partial charge in [-0.2, -0.15) is 0 Å². The lowest BCUT2D eigenvalue weighted by Gasteiger charge is -2.12. The molecule has 150 valence electrons. The fraction of sp³-hybridized carbons (Fsp3) is 0.333. The maximum absolute atomic E-state index is 12.0. The molecule has 2 rings (SSSR count). The Balaban J connectivity index is 1.77. The van der Waals surface area contributed by atoms with E-state index in [0.29, 0.717) is 23.7 Å². The zero-order valence-corrected chi connectivity index (χ0v) is 16.7. The van der Waals surface area contributed by atoms with Gasteiger partial charge in [-0.25, -0.2) is 0 Å². The van der Waals surface area contributed by atoms with Crippen molar-refractivity contribution >= 4 is 23.2 Å². The zero-order chi connectivity index (χ0) is 20.5. The number of rotatable bonds is 8. The predicted molar refractivity (Wildman–Crippen MR) is 110 cm³/mol. The molecule has 2 N–H and O–H groups in total. The fourth-order valence-corrected chi connectivity index (χ4v) is 2.64. The first-order valence-corrected chi connectivity index (χ1v) is 9.02. The molecule has 0 aliphatic heterocycles. The molecule has 0 saturated carbocycles.